The van der Waals surface area contributed by atoms with Gasteiger partial charge in [0.05, 0.1) is 18.8 Å². The van der Waals surface area contributed by atoms with Crippen molar-refractivity contribution >= 4 is 38.9 Å². The molecule has 4 rings (SSSR count). The van der Waals surface area contributed by atoms with Gasteiger partial charge in [0.15, 0.2) is 23.1 Å². The van der Waals surface area contributed by atoms with Gasteiger partial charge >= 0.3 is 0 Å². The third-order valence-electron chi connectivity index (χ3n) is 4.33. The Morgan fingerprint density at radius 2 is 1.79 bits per heavy atom. The first-order valence-corrected chi connectivity index (χ1v) is 9.63. The first-order valence-electron chi connectivity index (χ1n) is 8.83. The highest BCUT2D eigenvalue weighted by molar-refractivity contribution is 9.10. The molecule has 0 spiro atoms. The first kappa shape index (κ1) is 18.9. The maximum Gasteiger partial charge on any atom is 0.166 e. The standard InChI is InChI=1S/C22H17BrN4O2/c1-29-19-8-4-5-15(20(19)28)13-24-27-22-17-6-2-3-7-18(17)25-21(26-22)14-9-11-16(23)12-10-14/h2-13,28H,1H3,(H,25,26,27)/b24-13-. The number of halogens is 1. The zero-order valence-corrected chi connectivity index (χ0v) is 17.1. The van der Waals surface area contributed by atoms with Crippen LogP contribution in [-0.4, -0.2) is 28.4 Å². The number of hydrazone groups is 1. The topological polar surface area (TPSA) is 79.6 Å². The van der Waals surface area contributed by atoms with Crippen LogP contribution in [0.3, 0.4) is 0 Å². The SMILES string of the molecule is COc1cccc(/C=N\Nc2nc(-c3ccc(Br)cc3)nc3ccccc23)c1O. The van der Waals surface area contributed by atoms with Gasteiger partial charge in [-0.1, -0.05) is 46.3 Å². The monoisotopic (exact) mass is 448 g/mol. The van der Waals surface area contributed by atoms with E-state index in [2.05, 4.69) is 36.4 Å². The summed E-state index contributed by atoms with van der Waals surface area (Å²) in [5, 5.41) is 15.3. The number of nitrogens with zero attached hydrogens (tertiary/aromatic N) is 3. The molecule has 0 amide bonds. The molecule has 7 heteroatoms. The number of hydrogen-bond acceptors (Lipinski definition) is 6. The molecule has 0 unspecified atom stereocenters. The normalized spacial score (nSPS) is 11.1. The van der Waals surface area contributed by atoms with E-state index in [1.165, 1.54) is 13.3 Å². The number of aromatic nitrogens is 2. The Hall–Kier alpha value is -3.45. The molecule has 144 valence electrons. The fraction of sp³-hybridized carbons (Fsp3) is 0.0455. The molecule has 1 aromatic heterocycles. The number of benzene rings is 3. The van der Waals surface area contributed by atoms with Gasteiger partial charge in [0.2, 0.25) is 0 Å². The lowest BCUT2D eigenvalue weighted by atomic mass is 10.2. The van der Waals surface area contributed by atoms with E-state index in [1.54, 1.807) is 18.2 Å². The second kappa shape index (κ2) is 8.28. The smallest absolute Gasteiger partial charge is 0.166 e. The van der Waals surface area contributed by atoms with Crippen LogP contribution in [0.25, 0.3) is 22.3 Å². The van der Waals surface area contributed by atoms with Crippen LogP contribution in [0.15, 0.2) is 76.3 Å². The summed E-state index contributed by atoms with van der Waals surface area (Å²) in [6.07, 6.45) is 1.52. The third-order valence-corrected chi connectivity index (χ3v) is 4.86. The minimum absolute atomic E-state index is 0.0312. The highest BCUT2D eigenvalue weighted by atomic mass is 79.9. The fourth-order valence-corrected chi connectivity index (χ4v) is 3.13. The van der Waals surface area contributed by atoms with E-state index in [9.17, 15) is 5.11 Å². The van der Waals surface area contributed by atoms with Crippen molar-refractivity contribution in [2.75, 3.05) is 12.5 Å². The summed E-state index contributed by atoms with van der Waals surface area (Å²) >= 11 is 3.44. The molecule has 1 heterocycles. The van der Waals surface area contributed by atoms with Gasteiger partial charge in [-0.05, 0) is 36.4 Å². The number of para-hydroxylation sites is 2. The van der Waals surface area contributed by atoms with Crippen LogP contribution >= 0.6 is 15.9 Å². The van der Waals surface area contributed by atoms with Crippen LogP contribution in [0.4, 0.5) is 5.82 Å². The lowest BCUT2D eigenvalue weighted by Gasteiger charge is -2.09. The molecule has 0 atom stereocenters. The molecule has 0 saturated carbocycles. The molecule has 0 fully saturated rings. The van der Waals surface area contributed by atoms with Crippen molar-refractivity contribution in [3.05, 3.63) is 76.8 Å². The van der Waals surface area contributed by atoms with Crippen molar-refractivity contribution in [3.8, 4) is 22.9 Å². The van der Waals surface area contributed by atoms with Crippen LogP contribution in [0, 0.1) is 0 Å². The highest BCUT2D eigenvalue weighted by Crippen LogP contribution is 2.29. The van der Waals surface area contributed by atoms with E-state index in [0.717, 1.165) is 20.9 Å². The van der Waals surface area contributed by atoms with Gasteiger partial charge in [0, 0.05) is 21.0 Å². The molecule has 0 aliphatic heterocycles. The van der Waals surface area contributed by atoms with Crippen molar-refractivity contribution in [1.82, 2.24) is 9.97 Å². The van der Waals surface area contributed by atoms with Crippen LogP contribution in [0.5, 0.6) is 11.5 Å². The van der Waals surface area contributed by atoms with Crippen molar-refractivity contribution in [2.24, 2.45) is 5.10 Å². The summed E-state index contributed by atoms with van der Waals surface area (Å²) in [5.41, 5.74) is 5.22. The molecule has 0 saturated heterocycles. The summed E-state index contributed by atoms with van der Waals surface area (Å²) in [4.78, 5) is 9.31. The predicted octanol–water partition coefficient (Wildman–Crippen LogP) is 5.22. The average Bonchev–Trinajstić information content (AvgIpc) is 2.75. The molecule has 2 N–H and O–H groups in total. The van der Waals surface area contributed by atoms with E-state index in [-0.39, 0.29) is 5.75 Å². The van der Waals surface area contributed by atoms with E-state index < -0.39 is 0 Å². The van der Waals surface area contributed by atoms with E-state index >= 15 is 0 Å². The summed E-state index contributed by atoms with van der Waals surface area (Å²) in [5.74, 6) is 1.59. The Bertz CT molecular complexity index is 1190. The molecule has 4 aromatic rings. The fourth-order valence-electron chi connectivity index (χ4n) is 2.86. The Kier molecular flexibility index (Phi) is 5.39. The number of ether oxygens (including phenoxy) is 1. The van der Waals surface area contributed by atoms with Crippen LogP contribution < -0.4 is 10.2 Å². The van der Waals surface area contributed by atoms with Crippen molar-refractivity contribution in [1.29, 1.82) is 0 Å². The molecule has 29 heavy (non-hydrogen) atoms. The molecule has 3 aromatic carbocycles. The Morgan fingerprint density at radius 3 is 2.59 bits per heavy atom. The van der Waals surface area contributed by atoms with Crippen molar-refractivity contribution in [2.45, 2.75) is 0 Å². The van der Waals surface area contributed by atoms with Gasteiger partial charge in [-0.2, -0.15) is 5.10 Å². The molecule has 6 nitrogen and oxygen atoms in total. The minimum atomic E-state index is 0.0312. The van der Waals surface area contributed by atoms with Gasteiger partial charge in [0.25, 0.3) is 0 Å². The number of rotatable bonds is 5. The number of nitrogens with one attached hydrogen (secondary N) is 1. The number of methoxy groups -OCH3 is 1. The zero-order chi connectivity index (χ0) is 20.2. The number of phenolic OH excluding ortho intramolecular Hbond substituents is 1. The quantitative estimate of drug-likeness (QED) is 0.323. The molecule has 0 aliphatic carbocycles. The van der Waals surface area contributed by atoms with Crippen molar-refractivity contribution in [3.63, 3.8) is 0 Å². The Balaban J connectivity index is 1.70. The lowest BCUT2D eigenvalue weighted by Crippen LogP contribution is -1.99. The van der Waals surface area contributed by atoms with Crippen LogP contribution in [0.1, 0.15) is 5.56 Å². The number of aromatic hydroxyl groups is 1. The predicted molar refractivity (Wildman–Crippen MR) is 119 cm³/mol. The van der Waals surface area contributed by atoms with Crippen LogP contribution in [0.2, 0.25) is 0 Å². The minimum Gasteiger partial charge on any atom is -0.504 e. The second-order valence-corrected chi connectivity index (χ2v) is 7.10. The Morgan fingerprint density at radius 1 is 1.00 bits per heavy atom. The maximum atomic E-state index is 10.2. The third kappa shape index (κ3) is 4.05. The van der Waals surface area contributed by atoms with E-state index in [0.29, 0.717) is 23.0 Å². The van der Waals surface area contributed by atoms with Gasteiger partial charge in [0.1, 0.15) is 0 Å². The lowest BCUT2D eigenvalue weighted by molar-refractivity contribution is 0.373. The van der Waals surface area contributed by atoms with Gasteiger partial charge in [-0.15, -0.1) is 0 Å². The average molecular weight is 449 g/mol. The zero-order valence-electron chi connectivity index (χ0n) is 15.5. The first-order chi connectivity index (χ1) is 14.2. The van der Waals surface area contributed by atoms with Crippen molar-refractivity contribution < 1.29 is 9.84 Å². The number of fused-ring (bicyclic) bond motifs is 1. The Labute approximate surface area is 176 Å². The summed E-state index contributed by atoms with van der Waals surface area (Å²) in [6, 6.07) is 20.7. The van der Waals surface area contributed by atoms with E-state index in [4.69, 9.17) is 4.74 Å². The molecular weight excluding hydrogens is 432 g/mol. The maximum absolute atomic E-state index is 10.2. The largest absolute Gasteiger partial charge is 0.504 e. The number of anilines is 1. The highest BCUT2D eigenvalue weighted by Gasteiger charge is 2.09. The van der Waals surface area contributed by atoms with Gasteiger partial charge in [-0.3, -0.25) is 5.43 Å². The van der Waals surface area contributed by atoms with Gasteiger partial charge < -0.3 is 9.84 Å². The molecule has 0 bridgehead atoms. The van der Waals surface area contributed by atoms with E-state index in [1.807, 2.05) is 48.5 Å². The molecule has 0 radical (unpaired) electrons. The number of hydrogen-bond donors (Lipinski definition) is 2. The second-order valence-electron chi connectivity index (χ2n) is 6.19. The van der Waals surface area contributed by atoms with Gasteiger partial charge in [-0.25, -0.2) is 9.97 Å². The molecular formula is C22H17BrN4O2. The van der Waals surface area contributed by atoms with Crippen LogP contribution in [-0.2, 0) is 0 Å². The summed E-state index contributed by atoms with van der Waals surface area (Å²) in [7, 11) is 1.50. The summed E-state index contributed by atoms with van der Waals surface area (Å²) in [6.45, 7) is 0. The molecule has 0 aliphatic rings. The summed E-state index contributed by atoms with van der Waals surface area (Å²) < 4.78 is 6.11. The number of phenols is 1.